The maximum atomic E-state index is 10.8. The minimum absolute atomic E-state index is 0.0643. The van der Waals surface area contributed by atoms with Gasteiger partial charge in [-0.1, -0.05) is 42.5 Å². The SMILES string of the molecule is O=[N+]([O-])c1ccc(COc2ccc(C=Nc3ccc([C@@H]4Nc5ccccc5[C@@H]5C=CC[C@H]54)cc3)cc2Br)cc1. The second-order valence-corrected chi connectivity index (χ2v) is 10.7. The molecule has 0 saturated heterocycles. The lowest BCUT2D eigenvalue weighted by atomic mass is 9.77. The van der Waals surface area contributed by atoms with Crippen molar-refractivity contribution >= 4 is 39.2 Å². The van der Waals surface area contributed by atoms with Gasteiger partial charge in [-0.3, -0.25) is 15.1 Å². The van der Waals surface area contributed by atoms with Crippen LogP contribution < -0.4 is 10.1 Å². The van der Waals surface area contributed by atoms with Crippen molar-refractivity contribution in [2.45, 2.75) is 25.0 Å². The van der Waals surface area contributed by atoms with E-state index in [0.717, 1.165) is 27.7 Å². The first kappa shape index (κ1) is 25.1. The third kappa shape index (κ3) is 5.36. The maximum absolute atomic E-state index is 10.8. The van der Waals surface area contributed by atoms with Gasteiger partial charge >= 0.3 is 0 Å². The van der Waals surface area contributed by atoms with Gasteiger partial charge in [0.05, 0.1) is 21.1 Å². The van der Waals surface area contributed by atoms with Crippen LogP contribution in [-0.4, -0.2) is 11.1 Å². The molecule has 0 fully saturated rings. The van der Waals surface area contributed by atoms with Crippen LogP contribution in [0.2, 0.25) is 0 Å². The van der Waals surface area contributed by atoms with Crippen molar-refractivity contribution in [1.29, 1.82) is 0 Å². The number of anilines is 1. The van der Waals surface area contributed by atoms with E-state index in [0.29, 0.717) is 24.2 Å². The number of hydrogen-bond acceptors (Lipinski definition) is 5. The Labute approximate surface area is 235 Å². The Morgan fingerprint density at radius 1 is 1.03 bits per heavy atom. The summed E-state index contributed by atoms with van der Waals surface area (Å²) in [4.78, 5) is 15.1. The van der Waals surface area contributed by atoms with E-state index in [1.54, 1.807) is 12.1 Å². The second-order valence-electron chi connectivity index (χ2n) is 9.81. The molecule has 1 N–H and O–H groups in total. The number of ether oxygens (including phenoxy) is 1. The predicted molar refractivity (Wildman–Crippen MR) is 158 cm³/mol. The van der Waals surface area contributed by atoms with Gasteiger partial charge in [0, 0.05) is 30.0 Å². The average molecular weight is 580 g/mol. The zero-order valence-corrected chi connectivity index (χ0v) is 22.6. The van der Waals surface area contributed by atoms with Gasteiger partial charge < -0.3 is 10.1 Å². The second kappa shape index (κ2) is 10.9. The molecule has 39 heavy (non-hydrogen) atoms. The van der Waals surface area contributed by atoms with Gasteiger partial charge in [-0.05, 0) is 99.1 Å². The van der Waals surface area contributed by atoms with E-state index < -0.39 is 4.92 Å². The Hall–Kier alpha value is -4.23. The van der Waals surface area contributed by atoms with Crippen molar-refractivity contribution in [3.05, 3.63) is 140 Å². The molecule has 6 nitrogen and oxygen atoms in total. The molecule has 3 atom stereocenters. The van der Waals surface area contributed by atoms with Crippen LogP contribution in [0.3, 0.4) is 0 Å². The Morgan fingerprint density at radius 2 is 1.82 bits per heavy atom. The van der Waals surface area contributed by atoms with Crippen LogP contribution in [0.15, 0.2) is 113 Å². The summed E-state index contributed by atoms with van der Waals surface area (Å²) in [6.45, 7) is 0.315. The Bertz CT molecular complexity index is 1560. The molecule has 0 aromatic heterocycles. The number of para-hydroxylation sites is 1. The predicted octanol–water partition coefficient (Wildman–Crippen LogP) is 8.51. The number of nitro groups is 1. The summed E-state index contributed by atoms with van der Waals surface area (Å²) in [7, 11) is 0. The number of nitro benzene ring substituents is 1. The third-order valence-corrected chi connectivity index (χ3v) is 8.00. The highest BCUT2D eigenvalue weighted by Gasteiger charge is 2.37. The highest BCUT2D eigenvalue weighted by molar-refractivity contribution is 9.10. The highest BCUT2D eigenvalue weighted by atomic mass is 79.9. The van der Waals surface area contributed by atoms with Crippen LogP contribution in [0.5, 0.6) is 5.75 Å². The van der Waals surface area contributed by atoms with Crippen molar-refractivity contribution in [3.8, 4) is 5.75 Å². The molecule has 7 heteroatoms. The summed E-state index contributed by atoms with van der Waals surface area (Å²) < 4.78 is 6.70. The molecule has 4 aromatic carbocycles. The van der Waals surface area contributed by atoms with Crippen LogP contribution >= 0.6 is 15.9 Å². The molecule has 0 spiro atoms. The lowest BCUT2D eigenvalue weighted by molar-refractivity contribution is -0.384. The van der Waals surface area contributed by atoms with Gasteiger partial charge in [-0.15, -0.1) is 0 Å². The number of rotatable bonds is 7. The van der Waals surface area contributed by atoms with E-state index in [1.165, 1.54) is 28.9 Å². The van der Waals surface area contributed by atoms with Crippen molar-refractivity contribution in [3.63, 3.8) is 0 Å². The number of fused-ring (bicyclic) bond motifs is 3. The van der Waals surface area contributed by atoms with Gasteiger partial charge in [0.2, 0.25) is 0 Å². The number of allylic oxidation sites excluding steroid dienone is 2. The summed E-state index contributed by atoms with van der Waals surface area (Å²) in [5, 5.41) is 14.6. The van der Waals surface area contributed by atoms with Crippen molar-refractivity contribution < 1.29 is 9.66 Å². The summed E-state index contributed by atoms with van der Waals surface area (Å²) in [5.74, 6) is 1.67. The lowest BCUT2D eigenvalue weighted by Gasteiger charge is -2.37. The summed E-state index contributed by atoms with van der Waals surface area (Å²) in [6.07, 6.45) is 7.60. The van der Waals surface area contributed by atoms with E-state index in [9.17, 15) is 10.1 Å². The molecule has 2 aliphatic rings. The van der Waals surface area contributed by atoms with Crippen molar-refractivity contribution in [2.24, 2.45) is 10.9 Å². The molecule has 0 unspecified atom stereocenters. The van der Waals surface area contributed by atoms with Crippen LogP contribution in [0.25, 0.3) is 0 Å². The van der Waals surface area contributed by atoms with E-state index in [2.05, 4.69) is 86.9 Å². The Balaban J connectivity index is 1.10. The Morgan fingerprint density at radius 3 is 2.59 bits per heavy atom. The first-order valence-electron chi connectivity index (χ1n) is 12.9. The molecule has 194 valence electrons. The molecule has 1 aliphatic heterocycles. The van der Waals surface area contributed by atoms with E-state index in [1.807, 2.05) is 24.4 Å². The number of benzene rings is 4. The zero-order chi connectivity index (χ0) is 26.8. The minimum atomic E-state index is -0.412. The number of nitrogens with zero attached hydrogens (tertiary/aromatic N) is 2. The number of halogens is 1. The van der Waals surface area contributed by atoms with Crippen LogP contribution in [0, 0.1) is 16.0 Å². The monoisotopic (exact) mass is 579 g/mol. The smallest absolute Gasteiger partial charge is 0.269 e. The van der Waals surface area contributed by atoms with E-state index in [4.69, 9.17) is 4.74 Å². The fourth-order valence-corrected chi connectivity index (χ4v) is 5.89. The number of aliphatic imine (C=N–C) groups is 1. The molecule has 0 radical (unpaired) electrons. The normalized spacial score (nSPS) is 19.4. The van der Waals surface area contributed by atoms with Crippen LogP contribution in [0.1, 0.15) is 40.6 Å². The molecule has 4 aromatic rings. The molecular weight excluding hydrogens is 554 g/mol. The van der Waals surface area contributed by atoms with E-state index in [-0.39, 0.29) is 11.7 Å². The standard InChI is InChI=1S/C32H26BrN3O3/c33-29-18-22(10-17-31(29)39-20-21-8-15-25(16-9-21)36(37)38)19-34-24-13-11-23(12-14-24)32-28-6-3-5-26(28)27-4-1-2-7-30(27)35-32/h1-5,7-19,26,28,32,35H,6,20H2/t26-,28+,32-/m0/s1. The molecule has 0 amide bonds. The minimum Gasteiger partial charge on any atom is -0.488 e. The first-order chi connectivity index (χ1) is 19.0. The molecule has 0 saturated carbocycles. The van der Waals surface area contributed by atoms with Crippen LogP contribution in [0.4, 0.5) is 17.1 Å². The highest BCUT2D eigenvalue weighted by Crippen LogP contribution is 2.49. The van der Waals surface area contributed by atoms with Crippen LogP contribution in [-0.2, 0) is 6.61 Å². The van der Waals surface area contributed by atoms with Gasteiger partial charge in [0.25, 0.3) is 5.69 Å². The number of hydrogen-bond donors (Lipinski definition) is 1. The number of nitrogens with one attached hydrogen (secondary N) is 1. The molecule has 1 heterocycles. The molecular formula is C32H26BrN3O3. The largest absolute Gasteiger partial charge is 0.488 e. The zero-order valence-electron chi connectivity index (χ0n) is 21.0. The topological polar surface area (TPSA) is 76.8 Å². The van der Waals surface area contributed by atoms with Gasteiger partial charge in [0.1, 0.15) is 12.4 Å². The van der Waals surface area contributed by atoms with Crippen molar-refractivity contribution in [2.75, 3.05) is 5.32 Å². The summed E-state index contributed by atoms with van der Waals surface area (Å²) in [6, 6.07) is 29.5. The maximum Gasteiger partial charge on any atom is 0.269 e. The average Bonchev–Trinajstić information content (AvgIpc) is 3.46. The fraction of sp³-hybridized carbons (Fsp3) is 0.156. The molecule has 0 bridgehead atoms. The van der Waals surface area contributed by atoms with Crippen molar-refractivity contribution in [1.82, 2.24) is 0 Å². The van der Waals surface area contributed by atoms with E-state index >= 15 is 0 Å². The lowest BCUT2D eigenvalue weighted by Crippen LogP contribution is -2.28. The van der Waals surface area contributed by atoms with Gasteiger partial charge in [0.15, 0.2) is 0 Å². The van der Waals surface area contributed by atoms with Gasteiger partial charge in [-0.2, -0.15) is 0 Å². The molecule has 1 aliphatic carbocycles. The van der Waals surface area contributed by atoms with Gasteiger partial charge in [-0.25, -0.2) is 0 Å². The Kier molecular flexibility index (Phi) is 6.99. The fourth-order valence-electron chi connectivity index (χ4n) is 5.38. The third-order valence-electron chi connectivity index (χ3n) is 7.38. The summed E-state index contributed by atoms with van der Waals surface area (Å²) in [5.41, 5.74) is 6.65. The molecule has 6 rings (SSSR count). The number of non-ortho nitro benzene ring substituents is 1. The first-order valence-corrected chi connectivity index (χ1v) is 13.7. The quantitative estimate of drug-likeness (QED) is 0.103. The summed E-state index contributed by atoms with van der Waals surface area (Å²) >= 11 is 3.58.